The number of piperidine rings is 1. The van der Waals surface area contributed by atoms with Crippen molar-refractivity contribution in [2.24, 2.45) is 0 Å². The molecule has 9 nitrogen and oxygen atoms in total. The third-order valence-electron chi connectivity index (χ3n) is 6.77. The number of halogens is 3. The van der Waals surface area contributed by atoms with Crippen molar-refractivity contribution in [1.82, 2.24) is 34.7 Å². The van der Waals surface area contributed by atoms with Crippen LogP contribution in [0, 0.1) is 18.3 Å². The van der Waals surface area contributed by atoms with Gasteiger partial charge in [-0.15, -0.1) is 17.5 Å². The molecule has 0 aromatic carbocycles. The number of hydrogen-bond donors (Lipinski definition) is 1. The minimum Gasteiger partial charge on any atom is -0.462 e. The van der Waals surface area contributed by atoms with Gasteiger partial charge in [-0.05, 0) is 50.6 Å². The van der Waals surface area contributed by atoms with Crippen LogP contribution in [-0.4, -0.2) is 48.4 Å². The number of aromatic nitrogens is 6. The number of ether oxygens (including phenoxy) is 1. The van der Waals surface area contributed by atoms with E-state index in [2.05, 4.69) is 31.7 Å². The van der Waals surface area contributed by atoms with E-state index >= 15 is 8.78 Å². The van der Waals surface area contributed by atoms with E-state index in [9.17, 15) is 5.26 Å². The Balaban J connectivity index is 0.00000267. The van der Waals surface area contributed by atoms with Crippen LogP contribution in [0.1, 0.15) is 47.6 Å². The lowest BCUT2D eigenvalue weighted by atomic mass is 10.1. The number of pyridine rings is 2. The lowest BCUT2D eigenvalue weighted by Crippen LogP contribution is -2.30. The second-order valence-electron chi connectivity index (χ2n) is 8.96. The monoisotopic (exact) mass is 512 g/mol. The fourth-order valence-electron chi connectivity index (χ4n) is 5.03. The molecular formula is C24H23ClF2N8O. The summed E-state index contributed by atoms with van der Waals surface area (Å²) in [5.41, 5.74) is 3.34. The van der Waals surface area contributed by atoms with Crippen molar-refractivity contribution in [3.63, 3.8) is 0 Å². The summed E-state index contributed by atoms with van der Waals surface area (Å²) >= 11 is 0. The highest BCUT2D eigenvalue weighted by molar-refractivity contribution is 5.85. The first-order valence-corrected chi connectivity index (χ1v) is 11.5. The molecule has 1 N–H and O–H groups in total. The summed E-state index contributed by atoms with van der Waals surface area (Å²) in [7, 11) is 0. The Hall–Kier alpha value is -3.62. The maximum atomic E-state index is 15.0. The molecule has 1 aliphatic carbocycles. The topological polar surface area (TPSA) is 106 Å². The highest BCUT2D eigenvalue weighted by Crippen LogP contribution is 2.45. The van der Waals surface area contributed by atoms with E-state index < -0.39 is 18.4 Å². The SMILES string of the molecule is Cc1c(-c2cc(OC3c4ncccc4CC3(F)F)n3c(C#N)cnc3c2)nnn1C1CCNCC1.Cl. The van der Waals surface area contributed by atoms with Crippen LogP contribution in [0.3, 0.4) is 0 Å². The number of nitrogens with one attached hydrogen (secondary N) is 1. The molecule has 12 heteroatoms. The van der Waals surface area contributed by atoms with E-state index in [1.807, 2.05) is 11.6 Å². The zero-order valence-corrected chi connectivity index (χ0v) is 20.2. The summed E-state index contributed by atoms with van der Waals surface area (Å²) in [6.07, 6.45) is 2.73. The number of fused-ring (bicyclic) bond motifs is 2. The van der Waals surface area contributed by atoms with Crippen LogP contribution in [0.15, 0.2) is 36.7 Å². The quantitative estimate of drug-likeness (QED) is 0.443. The average molecular weight is 513 g/mol. The first kappa shape index (κ1) is 24.1. The Morgan fingerprint density at radius 1 is 1.22 bits per heavy atom. The van der Waals surface area contributed by atoms with Gasteiger partial charge in [0.05, 0.1) is 23.6 Å². The predicted molar refractivity (Wildman–Crippen MR) is 128 cm³/mol. The van der Waals surface area contributed by atoms with Crippen molar-refractivity contribution >= 4 is 18.1 Å². The van der Waals surface area contributed by atoms with E-state index in [1.54, 1.807) is 24.3 Å². The van der Waals surface area contributed by atoms with Crippen molar-refractivity contribution < 1.29 is 13.5 Å². The maximum Gasteiger partial charge on any atom is 0.293 e. The zero-order chi connectivity index (χ0) is 24.2. The van der Waals surface area contributed by atoms with Gasteiger partial charge in [-0.3, -0.25) is 9.38 Å². The smallest absolute Gasteiger partial charge is 0.293 e. The molecule has 0 amide bonds. The van der Waals surface area contributed by atoms with Crippen LogP contribution in [0.4, 0.5) is 8.78 Å². The second kappa shape index (κ2) is 9.11. The summed E-state index contributed by atoms with van der Waals surface area (Å²) < 4.78 is 39.3. The minimum atomic E-state index is -3.15. The van der Waals surface area contributed by atoms with Crippen molar-refractivity contribution in [2.75, 3.05) is 13.1 Å². The molecule has 1 fully saturated rings. The van der Waals surface area contributed by atoms with Crippen molar-refractivity contribution in [3.8, 4) is 23.2 Å². The van der Waals surface area contributed by atoms with E-state index in [0.29, 0.717) is 22.5 Å². The van der Waals surface area contributed by atoms with E-state index in [-0.39, 0.29) is 35.7 Å². The van der Waals surface area contributed by atoms with Crippen LogP contribution in [-0.2, 0) is 6.42 Å². The fraction of sp³-hybridized carbons (Fsp3) is 0.375. The molecule has 2 aliphatic rings. The van der Waals surface area contributed by atoms with Crippen LogP contribution >= 0.6 is 12.4 Å². The molecule has 4 aromatic rings. The Kier molecular flexibility index (Phi) is 6.10. The fourth-order valence-corrected chi connectivity index (χ4v) is 5.03. The third-order valence-corrected chi connectivity index (χ3v) is 6.77. The van der Waals surface area contributed by atoms with Gasteiger partial charge in [0, 0.05) is 24.2 Å². The molecule has 36 heavy (non-hydrogen) atoms. The number of rotatable bonds is 4. The van der Waals surface area contributed by atoms with Crippen molar-refractivity contribution in [3.05, 3.63) is 59.3 Å². The van der Waals surface area contributed by atoms with Gasteiger partial charge in [-0.1, -0.05) is 11.3 Å². The number of nitrogens with zero attached hydrogens (tertiary/aromatic N) is 7. The van der Waals surface area contributed by atoms with Gasteiger partial charge >= 0.3 is 0 Å². The molecular weight excluding hydrogens is 490 g/mol. The predicted octanol–water partition coefficient (Wildman–Crippen LogP) is 3.83. The summed E-state index contributed by atoms with van der Waals surface area (Å²) in [5.74, 6) is -3.08. The number of imidazole rings is 1. The molecule has 0 spiro atoms. The van der Waals surface area contributed by atoms with E-state index in [4.69, 9.17) is 4.74 Å². The molecule has 4 aromatic heterocycles. The lowest BCUT2D eigenvalue weighted by molar-refractivity contribution is -0.0876. The van der Waals surface area contributed by atoms with Gasteiger partial charge in [0.15, 0.2) is 0 Å². The van der Waals surface area contributed by atoms with Crippen molar-refractivity contribution in [2.45, 2.75) is 44.3 Å². The number of hydrogen-bond acceptors (Lipinski definition) is 7. The van der Waals surface area contributed by atoms with Gasteiger partial charge < -0.3 is 10.1 Å². The van der Waals surface area contributed by atoms with Gasteiger partial charge in [0.2, 0.25) is 12.0 Å². The van der Waals surface area contributed by atoms with Gasteiger partial charge in [0.25, 0.3) is 5.92 Å². The Bertz CT molecular complexity index is 1470. The van der Waals surface area contributed by atoms with Gasteiger partial charge in [-0.2, -0.15) is 5.26 Å². The molecule has 1 unspecified atom stereocenters. The Morgan fingerprint density at radius 3 is 2.81 bits per heavy atom. The molecule has 0 saturated carbocycles. The second-order valence-corrected chi connectivity index (χ2v) is 8.96. The normalized spacial score (nSPS) is 19.0. The van der Waals surface area contributed by atoms with Gasteiger partial charge in [0.1, 0.15) is 23.1 Å². The van der Waals surface area contributed by atoms with Gasteiger partial charge in [-0.25, -0.2) is 18.4 Å². The summed E-state index contributed by atoms with van der Waals surface area (Å²) in [4.78, 5) is 8.48. The molecule has 1 atom stereocenters. The average Bonchev–Trinajstić information content (AvgIpc) is 3.53. The lowest BCUT2D eigenvalue weighted by Gasteiger charge is -2.23. The molecule has 0 radical (unpaired) electrons. The highest BCUT2D eigenvalue weighted by atomic mass is 35.5. The maximum absolute atomic E-state index is 15.0. The Labute approximate surface area is 211 Å². The number of nitriles is 1. The van der Waals surface area contributed by atoms with Crippen LogP contribution in [0.5, 0.6) is 5.88 Å². The molecule has 186 valence electrons. The minimum absolute atomic E-state index is 0. The van der Waals surface area contributed by atoms with E-state index in [1.165, 1.54) is 16.8 Å². The standard InChI is InChI=1S/C24H22F2N8O.ClH/c1-14-21(31-32-34(14)17-4-7-28-8-5-17)16-9-19-30-13-18(12-27)33(19)20(10-16)35-23-22-15(3-2-6-29-22)11-24(23,25)26;/h2-3,6,9-10,13,17,23,28H,4-5,7-8,11H2,1H3;1H. The largest absolute Gasteiger partial charge is 0.462 e. The zero-order valence-electron chi connectivity index (χ0n) is 19.4. The molecule has 6 rings (SSSR count). The summed E-state index contributed by atoms with van der Waals surface area (Å²) in [6, 6.07) is 8.94. The molecule has 1 aliphatic heterocycles. The summed E-state index contributed by atoms with van der Waals surface area (Å²) in [5, 5.41) is 21.7. The van der Waals surface area contributed by atoms with E-state index in [0.717, 1.165) is 31.6 Å². The molecule has 0 bridgehead atoms. The highest BCUT2D eigenvalue weighted by Gasteiger charge is 2.51. The first-order valence-electron chi connectivity index (χ1n) is 11.5. The van der Waals surface area contributed by atoms with Crippen LogP contribution < -0.4 is 10.1 Å². The van der Waals surface area contributed by atoms with Crippen LogP contribution in [0.25, 0.3) is 16.9 Å². The Morgan fingerprint density at radius 2 is 2.03 bits per heavy atom. The number of alkyl halides is 2. The summed E-state index contributed by atoms with van der Waals surface area (Å²) in [6.45, 7) is 3.78. The molecule has 5 heterocycles. The third kappa shape index (κ3) is 3.86. The first-order chi connectivity index (χ1) is 17.0. The van der Waals surface area contributed by atoms with Crippen molar-refractivity contribution in [1.29, 1.82) is 5.26 Å². The molecule has 1 saturated heterocycles. The van der Waals surface area contributed by atoms with Crippen LogP contribution in [0.2, 0.25) is 0 Å².